The monoisotopic (exact) mass is 390 g/mol. The van der Waals surface area contributed by atoms with Gasteiger partial charge in [0.05, 0.1) is 11.7 Å². The lowest BCUT2D eigenvalue weighted by Gasteiger charge is -2.22. The minimum atomic E-state index is -0.245. The van der Waals surface area contributed by atoms with Gasteiger partial charge in [0.2, 0.25) is 0 Å². The van der Waals surface area contributed by atoms with Crippen LogP contribution in [0.1, 0.15) is 30.0 Å². The van der Waals surface area contributed by atoms with Crippen molar-refractivity contribution in [3.05, 3.63) is 95.4 Å². The Morgan fingerprint density at radius 1 is 1.10 bits per heavy atom. The quantitative estimate of drug-likeness (QED) is 0.401. The van der Waals surface area contributed by atoms with Crippen molar-refractivity contribution in [2.45, 2.75) is 18.9 Å². The molecule has 0 spiro atoms. The Balaban J connectivity index is 1.62. The fourth-order valence-corrected chi connectivity index (χ4v) is 3.60. The van der Waals surface area contributed by atoms with Gasteiger partial charge in [0, 0.05) is 30.7 Å². The molecule has 0 amide bonds. The summed E-state index contributed by atoms with van der Waals surface area (Å²) in [6.45, 7) is 0.601. The molecular formula is C22H23FN6. The number of rotatable bonds is 6. The molecule has 6 nitrogen and oxygen atoms in total. The van der Waals surface area contributed by atoms with E-state index in [-0.39, 0.29) is 17.8 Å². The van der Waals surface area contributed by atoms with Crippen molar-refractivity contribution in [2.75, 3.05) is 6.54 Å². The molecule has 1 unspecified atom stereocenters. The van der Waals surface area contributed by atoms with Gasteiger partial charge in [-0.25, -0.2) is 9.82 Å². The first-order valence-corrected chi connectivity index (χ1v) is 9.51. The minimum Gasteiger partial charge on any atom is -0.370 e. The zero-order chi connectivity index (χ0) is 20.2. The number of nitrogens with zero attached hydrogens (tertiary/aromatic N) is 3. The summed E-state index contributed by atoms with van der Waals surface area (Å²) in [6, 6.07) is 10.5. The summed E-state index contributed by atoms with van der Waals surface area (Å²) in [5.74, 6) is -0.126. The number of halogens is 1. The van der Waals surface area contributed by atoms with Gasteiger partial charge in [-0.3, -0.25) is 15.0 Å². The van der Waals surface area contributed by atoms with Crippen LogP contribution in [0, 0.1) is 5.82 Å². The number of pyridine rings is 1. The fraction of sp³-hybridized carbons (Fsp3) is 0.182. The van der Waals surface area contributed by atoms with Gasteiger partial charge < -0.3 is 11.5 Å². The molecule has 148 valence electrons. The number of hydrogen-bond acceptors (Lipinski definition) is 4. The van der Waals surface area contributed by atoms with Crippen LogP contribution in [0.15, 0.2) is 83.4 Å². The number of nitrogens with two attached hydrogens (primary N) is 2. The normalized spacial score (nSPS) is 17.9. The Morgan fingerprint density at radius 3 is 2.59 bits per heavy atom. The Morgan fingerprint density at radius 2 is 1.86 bits per heavy atom. The fourth-order valence-electron chi connectivity index (χ4n) is 3.60. The molecule has 0 saturated heterocycles. The van der Waals surface area contributed by atoms with Crippen molar-refractivity contribution in [2.24, 2.45) is 16.5 Å². The molecule has 0 saturated carbocycles. The van der Waals surface area contributed by atoms with Crippen molar-refractivity contribution in [1.29, 1.82) is 0 Å². The molecule has 7 heteroatoms. The third kappa shape index (κ3) is 4.20. The zero-order valence-corrected chi connectivity index (χ0v) is 15.9. The molecule has 5 N–H and O–H groups in total. The van der Waals surface area contributed by atoms with Gasteiger partial charge in [-0.1, -0.05) is 18.2 Å². The summed E-state index contributed by atoms with van der Waals surface area (Å²) in [5.41, 5.74) is 19.7. The standard InChI is InChI=1S/C22H23FN6/c23-18-6-4-17(5-7-18)21-20(16-9-12-26-13-10-16)19-8-3-15(14-29(19)28-21)2-1-11-27-22(24)25/h3-10,12-14,21,28H,1-2,11H2,(H4,24,25,27). The maximum atomic E-state index is 13.4. The van der Waals surface area contributed by atoms with E-state index in [2.05, 4.69) is 33.8 Å². The highest BCUT2D eigenvalue weighted by Gasteiger charge is 2.32. The SMILES string of the molecule is NC(N)=NCCCC1=CN2NC(c3ccc(F)cc3)C(c3ccncc3)=C2C=C1. The van der Waals surface area contributed by atoms with E-state index in [9.17, 15) is 4.39 Å². The van der Waals surface area contributed by atoms with Crippen LogP contribution in [0.4, 0.5) is 4.39 Å². The molecule has 4 rings (SSSR count). The maximum absolute atomic E-state index is 13.4. The van der Waals surface area contributed by atoms with E-state index in [1.807, 2.05) is 29.3 Å². The number of guanidine groups is 1. The molecular weight excluding hydrogens is 367 g/mol. The van der Waals surface area contributed by atoms with Crippen molar-refractivity contribution in [1.82, 2.24) is 15.4 Å². The molecule has 1 aromatic carbocycles. The van der Waals surface area contributed by atoms with E-state index < -0.39 is 0 Å². The van der Waals surface area contributed by atoms with Crippen LogP contribution in [-0.2, 0) is 0 Å². The van der Waals surface area contributed by atoms with Crippen molar-refractivity contribution < 1.29 is 4.39 Å². The summed E-state index contributed by atoms with van der Waals surface area (Å²) in [7, 11) is 0. The highest BCUT2D eigenvalue weighted by atomic mass is 19.1. The lowest BCUT2D eigenvalue weighted by Crippen LogP contribution is -2.30. The van der Waals surface area contributed by atoms with Gasteiger partial charge in [0.25, 0.3) is 0 Å². The van der Waals surface area contributed by atoms with Gasteiger partial charge >= 0.3 is 0 Å². The van der Waals surface area contributed by atoms with Gasteiger partial charge in [-0.05, 0) is 59.9 Å². The Labute approximate surface area is 169 Å². The second kappa shape index (κ2) is 8.28. The number of hydrogen-bond donors (Lipinski definition) is 3. The largest absolute Gasteiger partial charge is 0.370 e. The van der Waals surface area contributed by atoms with Crippen molar-refractivity contribution >= 4 is 11.5 Å². The first kappa shape index (κ1) is 18.9. The number of aliphatic imine (C=N–C) groups is 1. The molecule has 2 aromatic rings. The molecule has 2 aliphatic rings. The summed E-state index contributed by atoms with van der Waals surface area (Å²) in [4.78, 5) is 8.16. The van der Waals surface area contributed by atoms with Gasteiger partial charge in [-0.2, -0.15) is 0 Å². The lowest BCUT2D eigenvalue weighted by atomic mass is 9.92. The van der Waals surface area contributed by atoms with E-state index in [1.165, 1.54) is 17.7 Å². The predicted molar refractivity (Wildman–Crippen MR) is 112 cm³/mol. The van der Waals surface area contributed by atoms with Crippen LogP contribution >= 0.6 is 0 Å². The third-order valence-corrected chi connectivity index (χ3v) is 4.96. The molecule has 1 atom stereocenters. The summed E-state index contributed by atoms with van der Waals surface area (Å²) < 4.78 is 13.4. The van der Waals surface area contributed by atoms with Gasteiger partial charge in [0.1, 0.15) is 5.82 Å². The van der Waals surface area contributed by atoms with Crippen LogP contribution in [-0.4, -0.2) is 22.5 Å². The molecule has 0 bridgehead atoms. The average Bonchev–Trinajstić information content (AvgIpc) is 3.11. The number of allylic oxidation sites excluding steroid dienone is 3. The minimum absolute atomic E-state index is 0.0881. The first-order valence-electron chi connectivity index (χ1n) is 9.51. The van der Waals surface area contributed by atoms with E-state index in [0.29, 0.717) is 6.54 Å². The van der Waals surface area contributed by atoms with E-state index in [4.69, 9.17) is 11.5 Å². The van der Waals surface area contributed by atoms with Crippen LogP contribution < -0.4 is 16.9 Å². The topological polar surface area (TPSA) is 92.6 Å². The number of hydrazine groups is 1. The van der Waals surface area contributed by atoms with Crippen LogP contribution in [0.2, 0.25) is 0 Å². The first-order chi connectivity index (χ1) is 14.1. The molecule has 3 heterocycles. The molecule has 1 aromatic heterocycles. The molecule has 29 heavy (non-hydrogen) atoms. The second-order valence-electron chi connectivity index (χ2n) is 6.97. The van der Waals surface area contributed by atoms with Crippen molar-refractivity contribution in [3.8, 4) is 0 Å². The highest BCUT2D eigenvalue weighted by molar-refractivity contribution is 5.78. The average molecular weight is 390 g/mol. The summed E-state index contributed by atoms with van der Waals surface area (Å²) in [5, 5.41) is 2.04. The molecule has 2 aliphatic heterocycles. The number of nitrogens with one attached hydrogen (secondary N) is 1. The number of fused-ring (bicyclic) bond motifs is 1. The molecule has 0 radical (unpaired) electrons. The van der Waals surface area contributed by atoms with Crippen LogP contribution in [0.25, 0.3) is 5.57 Å². The van der Waals surface area contributed by atoms with Crippen molar-refractivity contribution in [3.63, 3.8) is 0 Å². The maximum Gasteiger partial charge on any atom is 0.185 e. The predicted octanol–water partition coefficient (Wildman–Crippen LogP) is 3.00. The highest BCUT2D eigenvalue weighted by Crippen LogP contribution is 2.41. The lowest BCUT2D eigenvalue weighted by molar-refractivity contribution is 0.351. The Hall–Kier alpha value is -3.45. The van der Waals surface area contributed by atoms with Crippen LogP contribution in [0.5, 0.6) is 0 Å². The van der Waals surface area contributed by atoms with Gasteiger partial charge in [-0.15, -0.1) is 0 Å². The third-order valence-electron chi connectivity index (χ3n) is 4.96. The number of aromatic nitrogens is 1. The van der Waals surface area contributed by atoms with E-state index >= 15 is 0 Å². The van der Waals surface area contributed by atoms with E-state index in [0.717, 1.165) is 35.2 Å². The zero-order valence-electron chi connectivity index (χ0n) is 15.9. The van der Waals surface area contributed by atoms with E-state index in [1.54, 1.807) is 12.4 Å². The Bertz CT molecular complexity index is 988. The number of benzene rings is 1. The smallest absolute Gasteiger partial charge is 0.185 e. The summed E-state index contributed by atoms with van der Waals surface area (Å²) >= 11 is 0. The second-order valence-corrected chi connectivity index (χ2v) is 6.97. The molecule has 0 aliphatic carbocycles. The Kier molecular flexibility index (Phi) is 5.39. The summed E-state index contributed by atoms with van der Waals surface area (Å²) in [6.07, 6.45) is 11.6. The molecule has 0 fully saturated rings. The van der Waals surface area contributed by atoms with Crippen LogP contribution in [0.3, 0.4) is 0 Å². The van der Waals surface area contributed by atoms with Gasteiger partial charge in [0.15, 0.2) is 5.96 Å².